The molecule has 12 heavy (non-hydrogen) atoms. The lowest BCUT2D eigenvalue weighted by molar-refractivity contribution is 0.447. The second-order valence-electron chi connectivity index (χ2n) is 3.66. The van der Waals surface area contributed by atoms with E-state index >= 15 is 0 Å². The maximum Gasteiger partial charge on any atom is 0.0214 e. The van der Waals surface area contributed by atoms with Gasteiger partial charge in [-0.15, -0.1) is 11.8 Å². The highest BCUT2D eigenvalue weighted by Crippen LogP contribution is 2.03. The maximum absolute atomic E-state index is 3.45. The van der Waals surface area contributed by atoms with Crippen LogP contribution >= 0.6 is 0 Å². The predicted molar refractivity (Wildman–Crippen MR) is 55.0 cm³/mol. The molecule has 0 aromatic carbocycles. The Morgan fingerprint density at radius 3 is 2.42 bits per heavy atom. The van der Waals surface area contributed by atoms with Gasteiger partial charge in [-0.25, -0.2) is 0 Å². The summed E-state index contributed by atoms with van der Waals surface area (Å²) in [6.07, 6.45) is 2.22. The molecular weight excluding hydrogens is 146 g/mol. The Hall–Kier alpha value is -0.480. The summed E-state index contributed by atoms with van der Waals surface area (Å²) in [6, 6.07) is 0.628. The van der Waals surface area contributed by atoms with E-state index in [1.165, 1.54) is 6.42 Å². The molecule has 0 bridgehead atoms. The third-order valence-electron chi connectivity index (χ3n) is 1.74. The molecule has 0 aliphatic carbocycles. The van der Waals surface area contributed by atoms with Gasteiger partial charge in [-0.3, -0.25) is 0 Å². The minimum atomic E-state index is 0.628. The summed E-state index contributed by atoms with van der Waals surface area (Å²) in [6.45, 7) is 9.65. The van der Waals surface area contributed by atoms with Crippen molar-refractivity contribution in [3.8, 4) is 11.8 Å². The van der Waals surface area contributed by atoms with E-state index in [2.05, 4.69) is 37.9 Å². The van der Waals surface area contributed by atoms with E-state index in [1.807, 2.05) is 6.92 Å². The fourth-order valence-corrected chi connectivity index (χ4v) is 1.30. The van der Waals surface area contributed by atoms with Crippen LogP contribution in [0.15, 0.2) is 0 Å². The third-order valence-corrected chi connectivity index (χ3v) is 1.74. The van der Waals surface area contributed by atoms with Crippen LogP contribution in [0, 0.1) is 17.8 Å². The molecule has 0 saturated carbocycles. The molecule has 70 valence electrons. The van der Waals surface area contributed by atoms with Gasteiger partial charge in [-0.1, -0.05) is 13.8 Å². The molecule has 1 heteroatoms. The van der Waals surface area contributed by atoms with Gasteiger partial charge in [0.25, 0.3) is 0 Å². The van der Waals surface area contributed by atoms with Gasteiger partial charge >= 0.3 is 0 Å². The van der Waals surface area contributed by atoms with Gasteiger partial charge in [-0.2, -0.15) is 0 Å². The van der Waals surface area contributed by atoms with Crippen molar-refractivity contribution in [2.75, 3.05) is 6.54 Å². The van der Waals surface area contributed by atoms with Crippen LogP contribution in [0.25, 0.3) is 0 Å². The summed E-state index contributed by atoms with van der Waals surface area (Å²) >= 11 is 0. The molecular formula is C11H21N. The average molecular weight is 167 g/mol. The zero-order chi connectivity index (χ0) is 9.40. The first-order valence-electron chi connectivity index (χ1n) is 4.79. The second-order valence-corrected chi connectivity index (χ2v) is 3.66. The summed E-state index contributed by atoms with van der Waals surface area (Å²) < 4.78 is 0. The first kappa shape index (κ1) is 11.5. The van der Waals surface area contributed by atoms with E-state index in [9.17, 15) is 0 Å². The highest BCUT2D eigenvalue weighted by atomic mass is 14.9. The van der Waals surface area contributed by atoms with Crippen LogP contribution in [0.3, 0.4) is 0 Å². The van der Waals surface area contributed by atoms with Crippen molar-refractivity contribution in [3.63, 3.8) is 0 Å². The van der Waals surface area contributed by atoms with Crippen LogP contribution in [0.4, 0.5) is 0 Å². The van der Waals surface area contributed by atoms with Crippen LogP contribution in [-0.2, 0) is 0 Å². The molecule has 0 radical (unpaired) electrons. The van der Waals surface area contributed by atoms with Crippen LogP contribution < -0.4 is 5.32 Å². The van der Waals surface area contributed by atoms with E-state index in [0.717, 1.165) is 18.9 Å². The summed E-state index contributed by atoms with van der Waals surface area (Å²) in [4.78, 5) is 0. The van der Waals surface area contributed by atoms with Crippen molar-refractivity contribution in [2.45, 2.75) is 46.6 Å². The monoisotopic (exact) mass is 167 g/mol. The lowest BCUT2D eigenvalue weighted by Gasteiger charge is -2.14. The van der Waals surface area contributed by atoms with Crippen molar-refractivity contribution in [3.05, 3.63) is 0 Å². The Labute approximate surface area is 76.9 Å². The van der Waals surface area contributed by atoms with Gasteiger partial charge in [0.1, 0.15) is 0 Å². The molecule has 0 fully saturated rings. The molecule has 0 aliphatic heterocycles. The molecule has 0 saturated heterocycles. The Kier molecular flexibility index (Phi) is 6.90. The lowest BCUT2D eigenvalue weighted by atomic mass is 10.1. The van der Waals surface area contributed by atoms with Crippen LogP contribution in [0.2, 0.25) is 0 Å². The van der Waals surface area contributed by atoms with Crippen molar-refractivity contribution in [1.82, 2.24) is 5.32 Å². The van der Waals surface area contributed by atoms with E-state index < -0.39 is 0 Å². The Balaban J connectivity index is 3.29. The second kappa shape index (κ2) is 7.18. The predicted octanol–water partition coefficient (Wildman–Crippen LogP) is 2.42. The molecule has 0 rings (SSSR count). The highest BCUT2D eigenvalue weighted by Gasteiger charge is 2.02. The van der Waals surface area contributed by atoms with Crippen molar-refractivity contribution < 1.29 is 0 Å². The van der Waals surface area contributed by atoms with E-state index in [4.69, 9.17) is 0 Å². The summed E-state index contributed by atoms with van der Waals surface area (Å²) in [5, 5.41) is 3.45. The fourth-order valence-electron chi connectivity index (χ4n) is 1.30. The highest BCUT2D eigenvalue weighted by molar-refractivity contribution is 4.95. The molecule has 0 aliphatic rings. The Bertz CT molecular complexity index is 150. The zero-order valence-corrected chi connectivity index (χ0v) is 8.78. The van der Waals surface area contributed by atoms with E-state index in [1.54, 1.807) is 0 Å². The molecule has 0 aromatic heterocycles. The minimum Gasteiger partial charge on any atom is -0.313 e. The Morgan fingerprint density at radius 2 is 1.92 bits per heavy atom. The number of nitrogens with one attached hydrogen (secondary N) is 1. The Morgan fingerprint density at radius 1 is 1.25 bits per heavy atom. The smallest absolute Gasteiger partial charge is 0.0214 e. The molecule has 1 nitrogen and oxygen atoms in total. The summed E-state index contributed by atoms with van der Waals surface area (Å²) in [5.41, 5.74) is 0. The van der Waals surface area contributed by atoms with Crippen LogP contribution in [0.1, 0.15) is 40.5 Å². The normalized spacial score (nSPS) is 12.4. The van der Waals surface area contributed by atoms with Gasteiger partial charge in [0, 0.05) is 19.0 Å². The lowest BCUT2D eigenvalue weighted by Crippen LogP contribution is -2.28. The minimum absolute atomic E-state index is 0.628. The molecule has 0 amide bonds. The maximum atomic E-state index is 3.45. The van der Waals surface area contributed by atoms with Gasteiger partial charge in [-0.05, 0) is 26.2 Å². The van der Waals surface area contributed by atoms with Gasteiger partial charge in [0.15, 0.2) is 0 Å². The summed E-state index contributed by atoms with van der Waals surface area (Å²) in [7, 11) is 0. The van der Waals surface area contributed by atoms with Crippen LogP contribution in [0.5, 0.6) is 0 Å². The quantitative estimate of drug-likeness (QED) is 0.490. The van der Waals surface area contributed by atoms with Gasteiger partial charge in [0.05, 0.1) is 0 Å². The number of hydrogen-bond donors (Lipinski definition) is 1. The molecule has 0 aromatic rings. The summed E-state index contributed by atoms with van der Waals surface area (Å²) in [5.74, 6) is 6.72. The largest absolute Gasteiger partial charge is 0.313 e. The molecule has 1 unspecified atom stereocenters. The van der Waals surface area contributed by atoms with Crippen molar-refractivity contribution in [1.29, 1.82) is 0 Å². The van der Waals surface area contributed by atoms with E-state index in [-0.39, 0.29) is 0 Å². The first-order chi connectivity index (χ1) is 5.66. The van der Waals surface area contributed by atoms with Gasteiger partial charge < -0.3 is 5.32 Å². The molecule has 1 atom stereocenters. The average Bonchev–Trinajstić information content (AvgIpc) is 1.97. The van der Waals surface area contributed by atoms with Gasteiger partial charge in [0.2, 0.25) is 0 Å². The van der Waals surface area contributed by atoms with Crippen LogP contribution in [-0.4, -0.2) is 12.6 Å². The first-order valence-corrected chi connectivity index (χ1v) is 4.79. The molecule has 1 N–H and O–H groups in total. The molecule has 0 heterocycles. The SMILES string of the molecule is CC#CCCNC(C)CC(C)C. The zero-order valence-electron chi connectivity index (χ0n) is 8.78. The number of rotatable bonds is 5. The van der Waals surface area contributed by atoms with Crippen molar-refractivity contribution in [2.24, 2.45) is 5.92 Å². The third kappa shape index (κ3) is 7.63. The standard InChI is InChI=1S/C11H21N/c1-5-6-7-8-12-11(4)9-10(2)3/h10-12H,7-9H2,1-4H3. The molecule has 0 spiro atoms. The topological polar surface area (TPSA) is 12.0 Å². The fraction of sp³-hybridized carbons (Fsp3) is 0.818. The number of hydrogen-bond acceptors (Lipinski definition) is 1. The van der Waals surface area contributed by atoms with Crippen molar-refractivity contribution >= 4 is 0 Å². The van der Waals surface area contributed by atoms with E-state index in [0.29, 0.717) is 6.04 Å².